The van der Waals surface area contributed by atoms with E-state index in [1.807, 2.05) is 0 Å². The highest BCUT2D eigenvalue weighted by Crippen LogP contribution is 2.05. The highest BCUT2D eigenvalue weighted by Gasteiger charge is 2.27. The van der Waals surface area contributed by atoms with Crippen LogP contribution in [-0.2, 0) is 19.2 Å². The monoisotopic (exact) mass is 410 g/mol. The molecule has 0 bridgehead atoms. The van der Waals surface area contributed by atoms with Gasteiger partial charge in [0.15, 0.2) is 0 Å². The number of aliphatic carboxylic acids is 4. The Labute approximate surface area is 161 Å². The van der Waals surface area contributed by atoms with Gasteiger partial charge in [-0.25, -0.2) is 0 Å². The summed E-state index contributed by atoms with van der Waals surface area (Å²) < 4.78 is 0. The lowest BCUT2D eigenvalue weighted by molar-refractivity contribution is -0.140. The average molecular weight is 410 g/mol. The van der Waals surface area contributed by atoms with E-state index in [9.17, 15) is 19.2 Å². The molecule has 2 heterocycles. The van der Waals surface area contributed by atoms with Crippen LogP contribution in [0.15, 0.2) is 0 Å². The number of carbonyl (C=O) groups is 4. The number of carboxylic acids is 4. The van der Waals surface area contributed by atoms with Gasteiger partial charge >= 0.3 is 23.9 Å². The number of aliphatic hydroxyl groups is 1. The number of β-amino-alcohol motifs (C(OH)–C–C–N with tert-alkyl or cyclic N) is 1. The Hall–Kier alpha value is -2.32. The van der Waals surface area contributed by atoms with Gasteiger partial charge in [-0.05, 0) is 26.3 Å². The molecule has 28 heavy (non-hydrogen) atoms. The van der Waals surface area contributed by atoms with E-state index in [4.69, 9.17) is 31.3 Å². The first-order valence-electron chi connectivity index (χ1n) is 8.43. The Balaban J connectivity index is 0. The number of hydrogen-bond acceptors (Lipinski definition) is 9. The summed E-state index contributed by atoms with van der Waals surface area (Å²) >= 11 is 0. The number of aliphatic hydroxyl groups excluding tert-OH is 1. The van der Waals surface area contributed by atoms with Crippen molar-refractivity contribution < 1.29 is 44.7 Å². The van der Waals surface area contributed by atoms with Crippen LogP contribution < -0.4 is 22.1 Å². The lowest BCUT2D eigenvalue weighted by Gasteiger charge is -1.99. The van der Waals surface area contributed by atoms with Crippen molar-refractivity contribution in [3.63, 3.8) is 0 Å². The molecule has 0 radical (unpaired) electrons. The predicted octanol–water partition coefficient (Wildman–Crippen LogP) is -2.94. The van der Waals surface area contributed by atoms with Gasteiger partial charge in [-0.15, -0.1) is 0 Å². The molecule has 0 saturated carbocycles. The van der Waals surface area contributed by atoms with Crippen LogP contribution >= 0.6 is 0 Å². The van der Waals surface area contributed by atoms with Gasteiger partial charge in [0.2, 0.25) is 0 Å². The van der Waals surface area contributed by atoms with E-state index in [1.54, 1.807) is 0 Å². The van der Waals surface area contributed by atoms with Crippen molar-refractivity contribution in [2.45, 2.75) is 50.4 Å². The molecule has 0 aromatic carbocycles. The average Bonchev–Trinajstić information content (AvgIpc) is 3.28. The minimum atomic E-state index is -0.968. The SMILES string of the molecule is CC(N)C(=O)O.NCC(=O)O.O=C(O)[C@@H]1CCCN1.O=C(O)[C@@H]1C[C@@H](O)CN1. The molecule has 0 aromatic rings. The maximum Gasteiger partial charge on any atom is 0.320 e. The molecule has 2 saturated heterocycles. The molecule has 0 aromatic heterocycles. The molecule has 2 rings (SSSR count). The number of nitrogens with one attached hydrogen (secondary N) is 2. The topological polar surface area (TPSA) is 246 Å². The van der Waals surface area contributed by atoms with Gasteiger partial charge in [0.1, 0.15) is 18.1 Å². The predicted molar refractivity (Wildman–Crippen MR) is 96.7 cm³/mol. The summed E-state index contributed by atoms with van der Waals surface area (Å²) in [6.45, 7) is 2.40. The summed E-state index contributed by atoms with van der Waals surface area (Å²) in [4.78, 5) is 39.1. The molecule has 0 aliphatic carbocycles. The van der Waals surface area contributed by atoms with Gasteiger partial charge < -0.3 is 47.6 Å². The first-order valence-corrected chi connectivity index (χ1v) is 8.43. The molecular weight excluding hydrogens is 380 g/mol. The van der Waals surface area contributed by atoms with Gasteiger partial charge in [-0.2, -0.15) is 0 Å². The standard InChI is InChI=1S/C5H9NO3.C5H9NO2.C3H7NO2.C2H5NO2/c7-3-1-4(5(8)9)6-2-3;7-5(8)4-2-1-3-6-4;1-2(4)3(5)6;3-1-2(4)5/h3-4,6-7H,1-2H2,(H,8,9);4,6H,1-3H2,(H,7,8);2H,4H2,1H3,(H,5,6);1,3H2,(H,4,5)/t3-,4+;4-;;/m10../s1. The Bertz CT molecular complexity index is 496. The van der Waals surface area contributed by atoms with E-state index >= 15 is 0 Å². The van der Waals surface area contributed by atoms with Crippen LogP contribution in [-0.4, -0.2) is 93.3 Å². The van der Waals surface area contributed by atoms with Gasteiger partial charge in [0, 0.05) is 13.0 Å². The minimum Gasteiger partial charge on any atom is -0.480 e. The molecule has 2 aliphatic heterocycles. The Morgan fingerprint density at radius 2 is 1.50 bits per heavy atom. The maximum absolute atomic E-state index is 10.2. The van der Waals surface area contributed by atoms with Gasteiger partial charge in [0.25, 0.3) is 0 Å². The largest absolute Gasteiger partial charge is 0.480 e. The maximum atomic E-state index is 10.2. The van der Waals surface area contributed by atoms with Crippen LogP contribution in [0.25, 0.3) is 0 Å². The van der Waals surface area contributed by atoms with Crippen LogP contribution in [0.5, 0.6) is 0 Å². The molecule has 2 aliphatic rings. The molecule has 2 fully saturated rings. The van der Waals surface area contributed by atoms with Crippen molar-refractivity contribution in [1.29, 1.82) is 0 Å². The third kappa shape index (κ3) is 15.9. The summed E-state index contributed by atoms with van der Waals surface area (Å²) in [5, 5.41) is 46.5. The van der Waals surface area contributed by atoms with Gasteiger partial charge in [-0.1, -0.05) is 0 Å². The molecule has 11 N–H and O–H groups in total. The second-order valence-electron chi connectivity index (χ2n) is 5.90. The number of rotatable bonds is 4. The Morgan fingerprint density at radius 3 is 1.64 bits per heavy atom. The molecule has 13 nitrogen and oxygen atoms in total. The zero-order valence-electron chi connectivity index (χ0n) is 15.6. The Kier molecular flexibility index (Phi) is 15.7. The minimum absolute atomic E-state index is 0.269. The molecule has 4 atom stereocenters. The van der Waals surface area contributed by atoms with Crippen molar-refractivity contribution in [3.8, 4) is 0 Å². The highest BCUT2D eigenvalue weighted by atomic mass is 16.4. The number of carboxylic acid groups (broad SMARTS) is 4. The fourth-order valence-corrected chi connectivity index (χ4v) is 1.80. The molecular formula is C15H30N4O9. The second-order valence-corrected chi connectivity index (χ2v) is 5.90. The van der Waals surface area contributed by atoms with Gasteiger partial charge in [-0.3, -0.25) is 19.2 Å². The van der Waals surface area contributed by atoms with Crippen molar-refractivity contribution >= 4 is 23.9 Å². The van der Waals surface area contributed by atoms with E-state index in [1.165, 1.54) is 6.92 Å². The van der Waals surface area contributed by atoms with Crippen LogP contribution in [0.2, 0.25) is 0 Å². The Morgan fingerprint density at radius 1 is 1.04 bits per heavy atom. The first kappa shape index (κ1) is 27.9. The highest BCUT2D eigenvalue weighted by molar-refractivity contribution is 5.74. The van der Waals surface area contributed by atoms with Crippen molar-refractivity contribution in [1.82, 2.24) is 10.6 Å². The zero-order chi connectivity index (χ0) is 22.3. The van der Waals surface area contributed by atoms with Crippen LogP contribution in [0, 0.1) is 0 Å². The van der Waals surface area contributed by atoms with Crippen LogP contribution in [0.4, 0.5) is 0 Å². The van der Waals surface area contributed by atoms with E-state index < -0.39 is 42.1 Å². The molecule has 13 heteroatoms. The van der Waals surface area contributed by atoms with E-state index in [-0.39, 0.29) is 12.6 Å². The summed E-state index contributed by atoms with van der Waals surface area (Å²) in [5.41, 5.74) is 9.41. The molecule has 164 valence electrons. The third-order valence-electron chi connectivity index (χ3n) is 3.33. The molecule has 0 amide bonds. The van der Waals surface area contributed by atoms with E-state index in [2.05, 4.69) is 16.4 Å². The number of nitrogens with two attached hydrogens (primary N) is 2. The van der Waals surface area contributed by atoms with Crippen molar-refractivity contribution in [2.75, 3.05) is 19.6 Å². The van der Waals surface area contributed by atoms with Gasteiger partial charge in [0.05, 0.1) is 12.6 Å². The molecule has 0 spiro atoms. The third-order valence-corrected chi connectivity index (χ3v) is 3.33. The molecule has 1 unspecified atom stereocenters. The summed E-state index contributed by atoms with van der Waals surface area (Å²) in [7, 11) is 0. The van der Waals surface area contributed by atoms with Crippen LogP contribution in [0.3, 0.4) is 0 Å². The lowest BCUT2D eigenvalue weighted by atomic mass is 10.2. The zero-order valence-corrected chi connectivity index (χ0v) is 15.6. The van der Waals surface area contributed by atoms with Crippen molar-refractivity contribution in [2.24, 2.45) is 11.5 Å². The smallest absolute Gasteiger partial charge is 0.320 e. The lowest BCUT2D eigenvalue weighted by Crippen LogP contribution is -2.29. The fraction of sp³-hybridized carbons (Fsp3) is 0.733. The second kappa shape index (κ2) is 15.7. The number of hydrogen-bond donors (Lipinski definition) is 9. The van der Waals surface area contributed by atoms with Crippen LogP contribution in [0.1, 0.15) is 26.2 Å². The van der Waals surface area contributed by atoms with E-state index in [0.717, 1.165) is 19.4 Å². The summed E-state index contributed by atoms with van der Waals surface area (Å²) in [5.74, 6) is -3.53. The quantitative estimate of drug-likeness (QED) is 0.225. The normalized spacial score (nSPS) is 23.5. The van der Waals surface area contributed by atoms with Crippen molar-refractivity contribution in [3.05, 3.63) is 0 Å². The summed E-state index contributed by atoms with van der Waals surface area (Å²) in [6.07, 6.45) is 1.63. The first-order chi connectivity index (χ1) is 12.9. The summed E-state index contributed by atoms with van der Waals surface area (Å²) in [6, 6.07) is -1.54. The fourth-order valence-electron chi connectivity index (χ4n) is 1.80. The van der Waals surface area contributed by atoms with E-state index in [0.29, 0.717) is 13.0 Å².